The van der Waals surface area contributed by atoms with Gasteiger partial charge in [0, 0.05) is 95.8 Å². The van der Waals surface area contributed by atoms with Gasteiger partial charge in [-0.25, -0.2) is 14.8 Å². The van der Waals surface area contributed by atoms with Crippen LogP contribution in [0, 0.1) is 6.92 Å². The lowest BCUT2D eigenvalue weighted by Gasteiger charge is -2.24. The molecular weight excluding hydrogens is 478 g/mol. The topological polar surface area (TPSA) is 102 Å². The molecule has 9 heteroatoms. The summed E-state index contributed by atoms with van der Waals surface area (Å²) in [4.78, 5) is 25.9. The maximum absolute atomic E-state index is 12.4. The molecule has 4 aromatic rings. The number of hydrogen-bond donors (Lipinski definition) is 2. The molecule has 0 saturated carbocycles. The number of rotatable bonds is 9. The molecule has 0 aliphatic rings. The minimum atomic E-state index is -0.331. The Bertz CT molecular complexity index is 1520. The van der Waals surface area contributed by atoms with Crippen LogP contribution in [-0.4, -0.2) is 65.7 Å². The van der Waals surface area contributed by atoms with Gasteiger partial charge in [0.05, 0.1) is 28.7 Å². The largest absolute Gasteiger partial charge is 0.459 e. The fourth-order valence-corrected chi connectivity index (χ4v) is 4.33. The van der Waals surface area contributed by atoms with Crippen molar-refractivity contribution in [1.29, 1.82) is 0 Å². The summed E-state index contributed by atoms with van der Waals surface area (Å²) in [5.41, 5.74) is 13.2. The molecule has 0 bridgehead atoms. The number of benzene rings is 2. The lowest BCUT2D eigenvalue weighted by molar-refractivity contribution is 0.0378. The van der Waals surface area contributed by atoms with Gasteiger partial charge in [0.2, 0.25) is 5.95 Å². The van der Waals surface area contributed by atoms with Crippen LogP contribution >= 0.6 is 0 Å². The smallest absolute Gasteiger partial charge is 0.338 e. The van der Waals surface area contributed by atoms with Crippen molar-refractivity contribution in [2.45, 2.75) is 26.9 Å². The number of nitrogens with one attached hydrogen (secondary N) is 1. The van der Waals surface area contributed by atoms with Crippen molar-refractivity contribution in [3.63, 3.8) is 0 Å². The number of esters is 1. The lowest BCUT2D eigenvalue weighted by atomic mass is 10.1. The van der Waals surface area contributed by atoms with Gasteiger partial charge in [0.1, 0.15) is 0 Å². The highest BCUT2D eigenvalue weighted by atomic mass is 16.5. The Kier molecular flexibility index (Phi) is 4.67. The molecule has 4 rings (SSSR count). The number of aryl methyl sites for hydroxylation is 2. The molecule has 2 aromatic carbocycles. The lowest BCUT2D eigenvalue weighted by Crippen LogP contribution is -2.29. The molecule has 0 fully saturated rings. The van der Waals surface area contributed by atoms with Gasteiger partial charge < -0.3 is 30.2 Å². The summed E-state index contributed by atoms with van der Waals surface area (Å²) in [6.07, 6.45) is 3.57. The number of nitrogens with two attached hydrogens (primary N) is 1. The first-order valence-corrected chi connectivity index (χ1v) is 12.7. The van der Waals surface area contributed by atoms with E-state index in [1.54, 1.807) is 12.3 Å². The van der Waals surface area contributed by atoms with Crippen LogP contribution in [0.1, 0.15) is 63.9 Å². The molecule has 0 spiro atoms. The van der Waals surface area contributed by atoms with E-state index in [0.717, 1.165) is 52.2 Å². The van der Waals surface area contributed by atoms with E-state index in [9.17, 15) is 4.79 Å². The van der Waals surface area contributed by atoms with E-state index in [-0.39, 0.29) is 13.5 Å². The van der Waals surface area contributed by atoms with Crippen LogP contribution in [0.2, 0.25) is 0 Å². The second-order valence-electron chi connectivity index (χ2n) is 10.2. The van der Waals surface area contributed by atoms with Crippen molar-refractivity contribution in [3.05, 3.63) is 59.9 Å². The first-order chi connectivity index (χ1) is 29.0. The minimum Gasteiger partial charge on any atom is -0.459 e. The number of anilines is 4. The van der Waals surface area contributed by atoms with E-state index >= 15 is 0 Å². The molecule has 224 valence electrons. The van der Waals surface area contributed by atoms with Crippen molar-refractivity contribution in [1.82, 2.24) is 19.4 Å². The Labute approximate surface area is 259 Å². The maximum Gasteiger partial charge on any atom is 0.338 e. The normalized spacial score (nSPS) is 13.7. The highest BCUT2D eigenvalue weighted by Gasteiger charge is 2.16. The van der Waals surface area contributed by atoms with E-state index in [4.69, 9.17) is 48.1 Å². The predicted molar refractivity (Wildman–Crippen MR) is 181 cm³/mol. The van der Waals surface area contributed by atoms with E-state index in [2.05, 4.69) is 47.3 Å². The number of likely N-dealkylation sites (N-methyl/N-ethyl adjacent to an activating group) is 2. The van der Waals surface area contributed by atoms with Crippen LogP contribution in [0.25, 0.3) is 22.2 Å². The summed E-state index contributed by atoms with van der Waals surface area (Å²) in [6.45, 7) is 7.54. The number of ether oxygens (including phenoxy) is 1. The minimum absolute atomic E-state index is 0. The van der Waals surface area contributed by atoms with Gasteiger partial charge in [0.15, 0.2) is 0 Å². The number of aromatic nitrogens is 3. The Morgan fingerprint density at radius 3 is 2.66 bits per heavy atom. The second-order valence-corrected chi connectivity index (χ2v) is 10.2. The Balaban J connectivity index is -0.000000146. The molecule has 3 N–H and O–H groups in total. The van der Waals surface area contributed by atoms with E-state index in [0.29, 0.717) is 17.2 Å². The highest BCUT2D eigenvalue weighted by Crippen LogP contribution is 2.33. The van der Waals surface area contributed by atoms with Gasteiger partial charge in [0.25, 0.3) is 0 Å². The van der Waals surface area contributed by atoms with Gasteiger partial charge in [-0.05, 0) is 70.8 Å². The molecular formula is C29H61N7O2. The van der Waals surface area contributed by atoms with Crippen molar-refractivity contribution < 1.29 is 43.6 Å². The molecule has 0 aliphatic carbocycles. The van der Waals surface area contributed by atoms with Gasteiger partial charge >= 0.3 is 5.97 Å². The van der Waals surface area contributed by atoms with Gasteiger partial charge in [-0.3, -0.25) is 0 Å². The quantitative estimate of drug-likeness (QED) is 0.152. The third kappa shape index (κ3) is 5.89. The van der Waals surface area contributed by atoms with Gasteiger partial charge in [-0.15, -0.1) is 0 Å². The average molecular weight is 586 g/mol. The summed E-state index contributed by atoms with van der Waals surface area (Å²) in [5.74, 6) is 0.149. The standard InChI is InChI=1S/C29H37N7O2.12H2/c1-18(2)38-28(37)20-8-9-21-22(17-36(7)26(21)15-20)24-10-11-31-29(32-24)33-25-16-23(30)27(14-19(25)3)35(6)13-12-34(4)5;;;;;;;;;;;;/h8-11,14-18H,12-13,30H2,1-7H3,(H,31,32,33);12*1H/i;11*1+2T;1+2. The summed E-state index contributed by atoms with van der Waals surface area (Å²) >= 11 is 0. The van der Waals surface area contributed by atoms with Crippen LogP contribution in [0.15, 0.2) is 48.8 Å². The van der Waals surface area contributed by atoms with Crippen LogP contribution in [0.4, 0.5) is 23.0 Å². The predicted octanol–water partition coefficient (Wildman–Crippen LogP) is 7.78. The molecule has 2 heterocycles. The van der Waals surface area contributed by atoms with E-state index in [1.165, 1.54) is 0 Å². The number of hydrogen-bond acceptors (Lipinski definition) is 8. The molecule has 0 aliphatic heterocycles. The van der Waals surface area contributed by atoms with Crippen molar-refractivity contribution in [2.75, 3.05) is 50.2 Å². The van der Waals surface area contributed by atoms with Gasteiger partial charge in [-0.1, -0.05) is 6.07 Å². The van der Waals surface area contributed by atoms with Crippen molar-refractivity contribution in [2.24, 2.45) is 7.05 Å². The van der Waals surface area contributed by atoms with Crippen LogP contribution in [0.3, 0.4) is 0 Å². The zero-order valence-corrected chi connectivity index (χ0v) is 23.2. The first kappa shape index (κ1) is 16.0. The first-order valence-electron chi connectivity index (χ1n) is 23.7. The zero-order chi connectivity index (χ0) is 49.6. The molecule has 0 radical (unpaired) electrons. The van der Waals surface area contributed by atoms with Crippen molar-refractivity contribution in [3.8, 4) is 11.3 Å². The molecule has 0 amide bonds. The molecule has 38 heavy (non-hydrogen) atoms. The molecule has 0 unspecified atom stereocenters. The molecule has 9 nitrogen and oxygen atoms in total. The fraction of sp³-hybridized carbons (Fsp3) is 0.345. The van der Waals surface area contributed by atoms with Crippen LogP contribution in [0.5, 0.6) is 0 Å². The van der Waals surface area contributed by atoms with Crippen LogP contribution < -0.4 is 16.0 Å². The Hall–Kier alpha value is -4.11. The second kappa shape index (κ2) is 11.1. The number of fused-ring (bicyclic) bond motifs is 1. The monoisotopic (exact) mass is 586 g/mol. The summed E-state index contributed by atoms with van der Waals surface area (Å²) in [5, 5.41) is 4.33. The SMILES string of the molecule is Cc1cc(N(C)CCN(C)C)c(N)cc1Nc1nccc(-c2cn(C)c3cc(C(=O)OC(C)C)ccc23)n1.[3HH].[3H][3H].[3H][3H].[3H][3H].[3H][3H].[3H][3H].[3H][3H].[3H][3H].[3H][3H].[3H][3H].[3H][3H].[3H][3H]. The summed E-state index contributed by atoms with van der Waals surface area (Å²) in [6, 6.07) is 11.5. The maximum atomic E-state index is 12.4. The van der Waals surface area contributed by atoms with E-state index in [1.807, 2.05) is 62.8 Å². The summed E-state index contributed by atoms with van der Waals surface area (Å²) in [7, 11) is 8.12. The number of carbonyl (C=O) groups excluding carboxylic acids is 1. The van der Waals surface area contributed by atoms with Crippen LogP contribution in [-0.2, 0) is 11.8 Å². The summed E-state index contributed by atoms with van der Waals surface area (Å²) < 4.78 is 117. The Morgan fingerprint density at radius 1 is 1.18 bits per heavy atom. The number of carbonyl (C=O) groups is 1. The van der Waals surface area contributed by atoms with E-state index < -0.39 is 0 Å². The molecule has 0 atom stereocenters. The third-order valence-corrected chi connectivity index (χ3v) is 6.41. The number of nitrogens with zero attached hydrogens (tertiary/aromatic N) is 5. The molecule has 0 saturated heterocycles. The van der Waals surface area contributed by atoms with Gasteiger partial charge in [-0.2, -0.15) is 0 Å². The highest BCUT2D eigenvalue weighted by molar-refractivity contribution is 6.00. The van der Waals surface area contributed by atoms with Crippen molar-refractivity contribution >= 4 is 39.9 Å². The average Bonchev–Trinajstić information content (AvgIpc) is 3.66. The molecule has 2 aromatic heterocycles. The zero-order valence-electron chi connectivity index (χ0n) is 45.2. The Morgan fingerprint density at radius 2 is 1.95 bits per heavy atom. The third-order valence-electron chi connectivity index (χ3n) is 6.41. The fourth-order valence-electron chi connectivity index (χ4n) is 4.33. The number of nitrogen functional groups attached to an aromatic ring is 1.